The van der Waals surface area contributed by atoms with Gasteiger partial charge in [-0.15, -0.1) is 0 Å². The lowest BCUT2D eigenvalue weighted by atomic mass is 10.2. The molecule has 0 spiro atoms. The summed E-state index contributed by atoms with van der Waals surface area (Å²) < 4.78 is 51.5. The molecule has 184 valence electrons. The van der Waals surface area contributed by atoms with E-state index in [1.807, 2.05) is 13.8 Å². The van der Waals surface area contributed by atoms with Crippen molar-refractivity contribution >= 4 is 21.3 Å². The Hall–Kier alpha value is -1.07. The fourth-order valence-corrected chi connectivity index (χ4v) is 4.68. The molecule has 2 heterocycles. The first-order valence-corrected chi connectivity index (χ1v) is 13.5. The Morgan fingerprint density at radius 3 is 2.34 bits per heavy atom. The highest BCUT2D eigenvalue weighted by atomic mass is 31.2. The molecule has 14 heteroatoms. The van der Waals surface area contributed by atoms with Crippen LogP contribution in [0, 0.1) is 0 Å². The number of unbranched alkanes of at least 4 members (excludes halogenated alkanes) is 2. The van der Waals surface area contributed by atoms with Crippen LogP contribution in [0.1, 0.15) is 52.2 Å². The molecule has 1 aliphatic heterocycles. The second kappa shape index (κ2) is 12.4. The first kappa shape index (κ1) is 27.2. The van der Waals surface area contributed by atoms with E-state index in [-0.39, 0.29) is 25.3 Å². The predicted octanol–water partition coefficient (Wildman–Crippen LogP) is 2.95. The van der Waals surface area contributed by atoms with Crippen LogP contribution in [0.3, 0.4) is 0 Å². The number of pyridine rings is 1. The third-order valence-electron chi connectivity index (χ3n) is 4.64. The number of aromatic nitrogens is 1. The molecule has 1 saturated heterocycles. The molecule has 0 aliphatic carbocycles. The highest BCUT2D eigenvalue weighted by Gasteiger charge is 2.43. The van der Waals surface area contributed by atoms with Gasteiger partial charge in [0.15, 0.2) is 0 Å². The first-order chi connectivity index (χ1) is 15.1. The molecule has 0 aromatic carbocycles. The molecule has 0 saturated carbocycles. The summed E-state index contributed by atoms with van der Waals surface area (Å²) in [7, 11) is -8.80. The van der Waals surface area contributed by atoms with Gasteiger partial charge in [-0.1, -0.05) is 26.7 Å². The lowest BCUT2D eigenvalue weighted by Crippen LogP contribution is -2.28. The summed E-state index contributed by atoms with van der Waals surface area (Å²) in [5, 5.41) is 0. The molecule has 2 rings (SSSR count). The lowest BCUT2D eigenvalue weighted by molar-refractivity contribution is -0.0464. The Bertz CT molecular complexity index is 880. The Labute approximate surface area is 186 Å². The fraction of sp³-hybridized carbons (Fsp3) is 0.722. The van der Waals surface area contributed by atoms with Gasteiger partial charge in [0, 0.05) is 24.4 Å². The van der Waals surface area contributed by atoms with Crippen LogP contribution in [0.15, 0.2) is 23.1 Å². The number of nitrogens with two attached hydrogens (primary N) is 1. The van der Waals surface area contributed by atoms with Crippen molar-refractivity contribution in [1.82, 2.24) is 4.57 Å². The summed E-state index contributed by atoms with van der Waals surface area (Å²) in [4.78, 5) is 32.1. The minimum absolute atomic E-state index is 0.00797. The average Bonchev–Trinajstić information content (AvgIpc) is 3.08. The first-order valence-electron chi connectivity index (χ1n) is 10.5. The number of phosphoric acid groups is 2. The van der Waals surface area contributed by atoms with Gasteiger partial charge in [0.05, 0.1) is 19.8 Å². The minimum Gasteiger partial charge on any atom is -0.399 e. The van der Waals surface area contributed by atoms with E-state index in [2.05, 4.69) is 0 Å². The largest absolute Gasteiger partial charge is 0.472 e. The summed E-state index contributed by atoms with van der Waals surface area (Å²) >= 11 is 0. The molecule has 12 nitrogen and oxygen atoms in total. The van der Waals surface area contributed by atoms with Gasteiger partial charge in [0.1, 0.15) is 18.4 Å². The summed E-state index contributed by atoms with van der Waals surface area (Å²) in [6, 6.07) is 2.70. The molecule has 5 unspecified atom stereocenters. The van der Waals surface area contributed by atoms with Crippen molar-refractivity contribution < 1.29 is 41.7 Å². The third kappa shape index (κ3) is 8.70. The average molecular weight is 498 g/mol. The van der Waals surface area contributed by atoms with Crippen LogP contribution in [-0.2, 0) is 32.0 Å². The van der Waals surface area contributed by atoms with Crippen LogP contribution in [0.25, 0.3) is 0 Å². The van der Waals surface area contributed by atoms with Crippen LogP contribution < -0.4 is 11.3 Å². The molecular weight excluding hydrogens is 466 g/mol. The molecule has 1 aliphatic rings. The molecule has 32 heavy (non-hydrogen) atoms. The summed E-state index contributed by atoms with van der Waals surface area (Å²) in [6.45, 7) is 3.39. The van der Waals surface area contributed by atoms with E-state index in [1.54, 1.807) is 0 Å². The van der Waals surface area contributed by atoms with Gasteiger partial charge in [-0.2, -0.15) is 0 Å². The van der Waals surface area contributed by atoms with E-state index in [4.69, 9.17) is 28.6 Å². The molecule has 4 N–H and O–H groups in total. The van der Waals surface area contributed by atoms with E-state index in [1.165, 1.54) is 22.9 Å². The second-order valence-corrected chi connectivity index (χ2v) is 10.2. The Kier molecular flexibility index (Phi) is 10.5. The van der Waals surface area contributed by atoms with Crippen LogP contribution in [0.4, 0.5) is 5.69 Å². The summed E-state index contributed by atoms with van der Waals surface area (Å²) in [6.07, 6.45) is 1.09. The van der Waals surface area contributed by atoms with Gasteiger partial charge in [0.25, 0.3) is 5.56 Å². The van der Waals surface area contributed by atoms with Crippen LogP contribution >= 0.6 is 15.6 Å². The van der Waals surface area contributed by atoms with E-state index in [9.17, 15) is 23.7 Å². The Morgan fingerprint density at radius 1 is 1.12 bits per heavy atom. The maximum atomic E-state index is 12.3. The van der Waals surface area contributed by atoms with E-state index in [0.29, 0.717) is 12.8 Å². The van der Waals surface area contributed by atoms with Gasteiger partial charge in [-0.05, 0) is 18.9 Å². The van der Waals surface area contributed by atoms with Crippen molar-refractivity contribution in [3.8, 4) is 0 Å². The van der Waals surface area contributed by atoms with Gasteiger partial charge in [0.2, 0.25) is 0 Å². The fourth-order valence-electron chi connectivity index (χ4n) is 2.93. The molecule has 1 aromatic heterocycles. The SMILES string of the molecule is CCCCOP(=O)(O)OCC1OC(n2ccc(N)cc2=O)CC1OP(=O)(O)OCCCC. The number of nitrogens with zero attached hydrogens (tertiary/aromatic N) is 1. The van der Waals surface area contributed by atoms with E-state index >= 15 is 0 Å². The molecule has 1 aromatic rings. The smallest absolute Gasteiger partial charge is 0.399 e. The number of rotatable bonds is 14. The number of ether oxygens (including phenoxy) is 1. The van der Waals surface area contributed by atoms with Crippen molar-refractivity contribution in [2.75, 3.05) is 25.6 Å². The van der Waals surface area contributed by atoms with Crippen molar-refractivity contribution in [1.29, 1.82) is 0 Å². The zero-order valence-corrected chi connectivity index (χ0v) is 20.0. The number of hydrogen-bond acceptors (Lipinski definition) is 9. The highest BCUT2D eigenvalue weighted by molar-refractivity contribution is 7.47. The van der Waals surface area contributed by atoms with Crippen LogP contribution in [0.5, 0.6) is 0 Å². The normalized spacial score (nSPS) is 24.8. The van der Waals surface area contributed by atoms with Crippen LogP contribution in [0.2, 0.25) is 0 Å². The van der Waals surface area contributed by atoms with Gasteiger partial charge < -0.3 is 20.3 Å². The standard InChI is InChI=1S/C18H32N2O10P2/c1-3-5-9-26-31(22,23)28-13-16-15(30-32(24,25)27-10-6-4-2)12-18(29-16)20-8-7-14(19)11-17(20)21/h7-8,11,15-16,18H,3-6,9-10,12-13,19H2,1-2H3,(H,22,23)(H,24,25). The molecule has 1 fully saturated rings. The van der Waals surface area contributed by atoms with Crippen LogP contribution in [-0.4, -0.2) is 46.4 Å². The van der Waals surface area contributed by atoms with Gasteiger partial charge in [-0.3, -0.25) is 27.5 Å². The summed E-state index contributed by atoms with van der Waals surface area (Å²) in [5.74, 6) is 0. The Balaban J connectivity index is 2.12. The molecule has 0 radical (unpaired) electrons. The molecule has 5 atom stereocenters. The van der Waals surface area contributed by atoms with E-state index in [0.717, 1.165) is 12.8 Å². The second-order valence-electron chi connectivity index (χ2n) is 7.32. The minimum atomic E-state index is -4.44. The van der Waals surface area contributed by atoms with Crippen molar-refractivity contribution in [3.63, 3.8) is 0 Å². The zero-order valence-electron chi connectivity index (χ0n) is 18.2. The number of nitrogen functional groups attached to an aromatic ring is 1. The Morgan fingerprint density at radius 2 is 1.75 bits per heavy atom. The topological polar surface area (TPSA) is 169 Å². The monoisotopic (exact) mass is 498 g/mol. The van der Waals surface area contributed by atoms with E-state index < -0.39 is 46.2 Å². The van der Waals surface area contributed by atoms with Crippen molar-refractivity contribution in [3.05, 3.63) is 28.7 Å². The third-order valence-corrected chi connectivity index (χ3v) is 6.67. The zero-order chi connectivity index (χ0) is 23.8. The molecular formula is C18H32N2O10P2. The van der Waals surface area contributed by atoms with Crippen molar-refractivity contribution in [2.24, 2.45) is 0 Å². The number of phosphoric ester groups is 2. The van der Waals surface area contributed by atoms with Gasteiger partial charge >= 0.3 is 15.6 Å². The molecule has 0 bridgehead atoms. The number of hydrogen-bond donors (Lipinski definition) is 3. The predicted molar refractivity (Wildman–Crippen MR) is 116 cm³/mol. The van der Waals surface area contributed by atoms with Gasteiger partial charge in [-0.25, -0.2) is 9.13 Å². The quantitative estimate of drug-likeness (QED) is 0.255. The lowest BCUT2D eigenvalue weighted by Gasteiger charge is -2.22. The summed E-state index contributed by atoms with van der Waals surface area (Å²) in [5.41, 5.74) is 5.43. The highest BCUT2D eigenvalue weighted by Crippen LogP contribution is 2.49. The maximum Gasteiger partial charge on any atom is 0.472 e. The maximum absolute atomic E-state index is 12.3. The number of anilines is 1. The molecule has 0 amide bonds. The van der Waals surface area contributed by atoms with Crippen molar-refractivity contribution in [2.45, 2.75) is 64.4 Å².